The smallest absolute Gasteiger partial charge is 0.123 e. The minimum atomic E-state index is -0.155. The third-order valence-electron chi connectivity index (χ3n) is 7.87. The topological polar surface area (TPSA) is 9.72 Å². The van der Waals surface area contributed by atoms with Crippen LogP contribution < -0.4 is 0 Å². The van der Waals surface area contributed by atoms with E-state index in [1.807, 2.05) is 24.3 Å². The molecule has 0 saturated carbocycles. The van der Waals surface area contributed by atoms with Crippen molar-refractivity contribution in [3.63, 3.8) is 0 Å². The molecule has 42 heavy (non-hydrogen) atoms. The normalized spacial score (nSPS) is 18.2. The van der Waals surface area contributed by atoms with E-state index in [9.17, 15) is 8.78 Å². The number of likely N-dealkylation sites (N-methyl/N-ethyl adjacent to an activating group) is 1. The zero-order chi connectivity index (χ0) is 31.7. The first-order valence-electron chi connectivity index (χ1n) is 16.5. The summed E-state index contributed by atoms with van der Waals surface area (Å²) in [5.41, 5.74) is 2.42. The standard InChI is InChI=1S/2C10H13F.C9H20N2.C8H17N/c2*1-8(2)7-9-3-5-10(11)6-4-9;1-9(2)11-6-4-5-10(3)7-8-11;1-7(2)9-6-4-5-8(9)3/h2*3-6,8H,7H2,1-2H3;9H,4-8H2,1-3H3;7-8H,4-6H2,1-3H3. The molecular formula is C37H63F2N3. The second-order valence-electron chi connectivity index (χ2n) is 13.6. The molecule has 2 heterocycles. The Hall–Kier alpha value is -1.82. The van der Waals surface area contributed by atoms with Gasteiger partial charge in [0.1, 0.15) is 11.6 Å². The van der Waals surface area contributed by atoms with Crippen molar-refractivity contribution in [2.75, 3.05) is 39.8 Å². The van der Waals surface area contributed by atoms with Crippen LogP contribution in [0.25, 0.3) is 0 Å². The maximum atomic E-state index is 12.4. The highest BCUT2D eigenvalue weighted by Gasteiger charge is 2.21. The minimum Gasteiger partial charge on any atom is -0.305 e. The Balaban J connectivity index is 0.000000281. The summed E-state index contributed by atoms with van der Waals surface area (Å²) in [7, 11) is 2.21. The van der Waals surface area contributed by atoms with Gasteiger partial charge in [-0.1, -0.05) is 52.0 Å². The maximum absolute atomic E-state index is 12.4. The summed E-state index contributed by atoms with van der Waals surface area (Å²) >= 11 is 0. The van der Waals surface area contributed by atoms with E-state index in [4.69, 9.17) is 0 Å². The SMILES string of the molecule is CC(C)Cc1ccc(F)cc1.CC(C)Cc1ccc(F)cc1.CC(C)N1CCCC1C.CC(C)N1CCCN(C)CC1. The third kappa shape index (κ3) is 17.3. The van der Waals surface area contributed by atoms with Crippen LogP contribution >= 0.6 is 0 Å². The summed E-state index contributed by atoms with van der Waals surface area (Å²) in [5, 5.41) is 0. The Labute approximate surface area is 258 Å². The van der Waals surface area contributed by atoms with Gasteiger partial charge < -0.3 is 4.90 Å². The molecule has 2 aromatic carbocycles. The summed E-state index contributed by atoms with van der Waals surface area (Å²) in [5.74, 6) is 0.968. The molecule has 240 valence electrons. The number of likely N-dealkylation sites (tertiary alicyclic amines) is 1. The quantitative estimate of drug-likeness (QED) is 0.334. The molecule has 0 amide bonds. The van der Waals surface area contributed by atoms with Gasteiger partial charge in [-0.15, -0.1) is 0 Å². The molecule has 2 aliphatic rings. The number of benzene rings is 2. The average Bonchev–Trinajstić information content (AvgIpc) is 3.23. The molecule has 2 fully saturated rings. The Kier molecular flexibility index (Phi) is 19.1. The maximum Gasteiger partial charge on any atom is 0.123 e. The van der Waals surface area contributed by atoms with Crippen LogP contribution in [0.4, 0.5) is 8.78 Å². The predicted octanol–water partition coefficient (Wildman–Crippen LogP) is 8.96. The van der Waals surface area contributed by atoms with Crippen LogP contribution in [0.5, 0.6) is 0 Å². The van der Waals surface area contributed by atoms with E-state index in [1.165, 1.54) is 87.4 Å². The van der Waals surface area contributed by atoms with Crippen molar-refractivity contribution in [3.05, 3.63) is 71.3 Å². The van der Waals surface area contributed by atoms with E-state index in [1.54, 1.807) is 0 Å². The molecule has 0 spiro atoms. The van der Waals surface area contributed by atoms with Gasteiger partial charge in [0.2, 0.25) is 0 Å². The van der Waals surface area contributed by atoms with Crippen molar-refractivity contribution in [2.24, 2.45) is 11.8 Å². The summed E-state index contributed by atoms with van der Waals surface area (Å²) < 4.78 is 24.8. The summed E-state index contributed by atoms with van der Waals surface area (Å²) in [6.07, 6.45) is 6.19. The lowest BCUT2D eigenvalue weighted by atomic mass is 10.0. The van der Waals surface area contributed by atoms with Crippen molar-refractivity contribution in [2.45, 2.75) is 113 Å². The number of hydrogen-bond donors (Lipinski definition) is 0. The molecule has 3 nitrogen and oxygen atoms in total. The van der Waals surface area contributed by atoms with E-state index in [0.717, 1.165) is 31.0 Å². The lowest BCUT2D eigenvalue weighted by molar-refractivity contribution is 0.216. The first-order chi connectivity index (χ1) is 19.8. The highest BCUT2D eigenvalue weighted by atomic mass is 19.1. The second-order valence-corrected chi connectivity index (χ2v) is 13.6. The molecule has 2 saturated heterocycles. The Morgan fingerprint density at radius 1 is 0.619 bits per heavy atom. The second kappa shape index (κ2) is 21.0. The molecule has 0 aliphatic carbocycles. The lowest BCUT2D eigenvalue weighted by Gasteiger charge is -2.24. The van der Waals surface area contributed by atoms with Crippen molar-refractivity contribution >= 4 is 0 Å². The molecule has 0 radical (unpaired) electrons. The molecule has 0 bridgehead atoms. The Morgan fingerprint density at radius 2 is 1.10 bits per heavy atom. The van der Waals surface area contributed by atoms with Crippen LogP contribution in [0.3, 0.4) is 0 Å². The van der Waals surface area contributed by atoms with Crippen LogP contribution in [0.15, 0.2) is 48.5 Å². The van der Waals surface area contributed by atoms with Gasteiger partial charge in [-0.2, -0.15) is 0 Å². The fourth-order valence-electron chi connectivity index (χ4n) is 5.49. The monoisotopic (exact) mass is 587 g/mol. The molecule has 1 atom stereocenters. The third-order valence-corrected chi connectivity index (χ3v) is 7.87. The number of nitrogens with zero attached hydrogens (tertiary/aromatic N) is 3. The van der Waals surface area contributed by atoms with Gasteiger partial charge >= 0.3 is 0 Å². The Morgan fingerprint density at radius 3 is 1.43 bits per heavy atom. The van der Waals surface area contributed by atoms with Crippen LogP contribution in [0, 0.1) is 23.5 Å². The van der Waals surface area contributed by atoms with Crippen molar-refractivity contribution < 1.29 is 8.78 Å². The van der Waals surface area contributed by atoms with Crippen molar-refractivity contribution in [3.8, 4) is 0 Å². The molecule has 0 aromatic heterocycles. The fraction of sp³-hybridized carbons (Fsp3) is 0.676. The first-order valence-corrected chi connectivity index (χ1v) is 16.5. The van der Waals surface area contributed by atoms with Gasteiger partial charge in [0.25, 0.3) is 0 Å². The van der Waals surface area contributed by atoms with Crippen LogP contribution in [0.2, 0.25) is 0 Å². The van der Waals surface area contributed by atoms with Crippen LogP contribution in [-0.4, -0.2) is 72.6 Å². The van der Waals surface area contributed by atoms with Gasteiger partial charge in [-0.3, -0.25) is 9.80 Å². The van der Waals surface area contributed by atoms with E-state index in [2.05, 4.69) is 84.1 Å². The zero-order valence-electron chi connectivity index (χ0n) is 28.7. The van der Waals surface area contributed by atoms with Crippen molar-refractivity contribution in [1.82, 2.24) is 14.7 Å². The van der Waals surface area contributed by atoms with E-state index >= 15 is 0 Å². The summed E-state index contributed by atoms with van der Waals surface area (Å²) in [4.78, 5) is 7.55. The first kappa shape index (κ1) is 38.2. The fourth-order valence-corrected chi connectivity index (χ4v) is 5.49. The van der Waals surface area contributed by atoms with Crippen LogP contribution in [-0.2, 0) is 12.8 Å². The Bertz CT molecular complexity index is 874. The largest absolute Gasteiger partial charge is 0.305 e. The average molecular weight is 588 g/mol. The predicted molar refractivity (Wildman–Crippen MR) is 179 cm³/mol. The van der Waals surface area contributed by atoms with Gasteiger partial charge in [-0.25, -0.2) is 8.78 Å². The van der Waals surface area contributed by atoms with Crippen molar-refractivity contribution in [1.29, 1.82) is 0 Å². The molecule has 5 heteroatoms. The van der Waals surface area contributed by atoms with E-state index in [-0.39, 0.29) is 11.6 Å². The molecule has 2 aromatic rings. The highest BCUT2D eigenvalue weighted by Crippen LogP contribution is 2.18. The van der Waals surface area contributed by atoms with Gasteiger partial charge in [-0.05, 0) is 141 Å². The molecule has 0 N–H and O–H groups in total. The lowest BCUT2D eigenvalue weighted by Crippen LogP contribution is -2.34. The minimum absolute atomic E-state index is 0.155. The van der Waals surface area contributed by atoms with E-state index in [0.29, 0.717) is 11.8 Å². The van der Waals surface area contributed by atoms with Gasteiger partial charge in [0.05, 0.1) is 0 Å². The van der Waals surface area contributed by atoms with E-state index < -0.39 is 0 Å². The molecule has 4 rings (SSSR count). The highest BCUT2D eigenvalue weighted by molar-refractivity contribution is 5.17. The van der Waals surface area contributed by atoms with Crippen LogP contribution in [0.1, 0.15) is 92.7 Å². The number of halogens is 2. The number of rotatable bonds is 6. The number of hydrogen-bond acceptors (Lipinski definition) is 3. The molecule has 1 unspecified atom stereocenters. The molecular weight excluding hydrogens is 524 g/mol. The molecule has 2 aliphatic heterocycles. The zero-order valence-corrected chi connectivity index (χ0v) is 28.7. The summed E-state index contributed by atoms with van der Waals surface area (Å²) in [6, 6.07) is 15.7. The summed E-state index contributed by atoms with van der Waals surface area (Å²) in [6.45, 7) is 26.4. The van der Waals surface area contributed by atoms with Gasteiger partial charge in [0, 0.05) is 31.2 Å². The van der Waals surface area contributed by atoms with Gasteiger partial charge in [0.15, 0.2) is 0 Å².